The Morgan fingerprint density at radius 3 is 2.50 bits per heavy atom. The highest BCUT2D eigenvalue weighted by Crippen LogP contribution is 2.29. The SMILES string of the molecule is CNC(=O)CNC(=O)c1cccc(C(F)(F)F)c1. The van der Waals surface area contributed by atoms with Crippen molar-refractivity contribution in [1.29, 1.82) is 0 Å². The van der Waals surface area contributed by atoms with Crippen molar-refractivity contribution in [1.82, 2.24) is 10.6 Å². The zero-order valence-corrected chi connectivity index (χ0v) is 9.47. The Morgan fingerprint density at radius 2 is 1.94 bits per heavy atom. The van der Waals surface area contributed by atoms with Crippen LogP contribution < -0.4 is 10.6 Å². The molecule has 0 aliphatic carbocycles. The minimum atomic E-state index is -4.50. The van der Waals surface area contributed by atoms with E-state index in [0.717, 1.165) is 18.2 Å². The molecule has 0 bridgehead atoms. The predicted octanol–water partition coefficient (Wildman–Crippen LogP) is 1.18. The maximum absolute atomic E-state index is 12.4. The van der Waals surface area contributed by atoms with Gasteiger partial charge in [-0.2, -0.15) is 13.2 Å². The molecule has 0 aliphatic heterocycles. The topological polar surface area (TPSA) is 58.2 Å². The molecule has 0 heterocycles. The number of carbonyl (C=O) groups excluding carboxylic acids is 2. The van der Waals surface area contributed by atoms with Crippen LogP contribution in [0, 0.1) is 0 Å². The second-order valence-electron chi connectivity index (χ2n) is 3.43. The first-order chi connectivity index (χ1) is 8.34. The average molecular weight is 260 g/mol. The Bertz CT molecular complexity index is 458. The molecule has 7 heteroatoms. The Labute approximate surface area is 101 Å². The number of nitrogens with one attached hydrogen (secondary N) is 2. The minimum absolute atomic E-state index is 0.145. The van der Waals surface area contributed by atoms with Crippen molar-refractivity contribution in [2.75, 3.05) is 13.6 Å². The molecule has 2 N–H and O–H groups in total. The first-order valence-corrected chi connectivity index (χ1v) is 5.00. The maximum Gasteiger partial charge on any atom is 0.416 e. The van der Waals surface area contributed by atoms with E-state index in [0.29, 0.717) is 0 Å². The van der Waals surface area contributed by atoms with Crippen molar-refractivity contribution >= 4 is 11.8 Å². The predicted molar refractivity (Wildman–Crippen MR) is 57.8 cm³/mol. The number of hydrogen-bond donors (Lipinski definition) is 2. The van der Waals surface area contributed by atoms with Crippen LogP contribution >= 0.6 is 0 Å². The number of benzene rings is 1. The number of carbonyl (C=O) groups is 2. The minimum Gasteiger partial charge on any atom is -0.358 e. The van der Waals surface area contributed by atoms with Gasteiger partial charge in [0, 0.05) is 12.6 Å². The molecule has 0 aromatic heterocycles. The lowest BCUT2D eigenvalue weighted by atomic mass is 10.1. The Morgan fingerprint density at radius 1 is 1.28 bits per heavy atom. The first kappa shape index (κ1) is 14.0. The van der Waals surface area contributed by atoms with Gasteiger partial charge in [-0.3, -0.25) is 9.59 Å². The van der Waals surface area contributed by atoms with Crippen molar-refractivity contribution in [2.24, 2.45) is 0 Å². The van der Waals surface area contributed by atoms with E-state index in [-0.39, 0.29) is 12.1 Å². The van der Waals surface area contributed by atoms with Crippen LogP contribution in [0.1, 0.15) is 15.9 Å². The molecular formula is C11H11F3N2O2. The Balaban J connectivity index is 2.78. The van der Waals surface area contributed by atoms with Crippen LogP contribution in [0.5, 0.6) is 0 Å². The fraction of sp³-hybridized carbons (Fsp3) is 0.273. The summed E-state index contributed by atoms with van der Waals surface area (Å²) in [5.41, 5.74) is -1.05. The molecule has 1 aromatic carbocycles. The zero-order chi connectivity index (χ0) is 13.8. The van der Waals surface area contributed by atoms with Crippen molar-refractivity contribution < 1.29 is 22.8 Å². The molecule has 4 nitrogen and oxygen atoms in total. The molecule has 1 aromatic rings. The van der Waals surface area contributed by atoms with E-state index in [2.05, 4.69) is 10.6 Å². The highest BCUT2D eigenvalue weighted by molar-refractivity contribution is 5.96. The summed E-state index contributed by atoms with van der Waals surface area (Å²) in [5, 5.41) is 4.48. The lowest BCUT2D eigenvalue weighted by Crippen LogP contribution is -2.35. The van der Waals surface area contributed by atoms with Crippen molar-refractivity contribution in [3.8, 4) is 0 Å². The second-order valence-corrected chi connectivity index (χ2v) is 3.43. The van der Waals surface area contributed by atoms with Gasteiger partial charge in [0.05, 0.1) is 12.1 Å². The fourth-order valence-corrected chi connectivity index (χ4v) is 1.19. The van der Waals surface area contributed by atoms with Gasteiger partial charge in [-0.25, -0.2) is 0 Å². The van der Waals surface area contributed by atoms with Gasteiger partial charge < -0.3 is 10.6 Å². The van der Waals surface area contributed by atoms with Gasteiger partial charge in [-0.05, 0) is 18.2 Å². The zero-order valence-electron chi connectivity index (χ0n) is 9.47. The molecule has 0 fully saturated rings. The van der Waals surface area contributed by atoms with E-state index in [9.17, 15) is 22.8 Å². The molecule has 0 radical (unpaired) electrons. The highest BCUT2D eigenvalue weighted by atomic mass is 19.4. The molecule has 0 saturated heterocycles. The molecule has 0 atom stereocenters. The van der Waals surface area contributed by atoms with E-state index in [4.69, 9.17) is 0 Å². The molecular weight excluding hydrogens is 249 g/mol. The number of amides is 2. The molecule has 98 valence electrons. The van der Waals surface area contributed by atoms with Crippen LogP contribution in [0.2, 0.25) is 0 Å². The van der Waals surface area contributed by atoms with Gasteiger partial charge in [-0.15, -0.1) is 0 Å². The van der Waals surface area contributed by atoms with Crippen molar-refractivity contribution in [3.05, 3.63) is 35.4 Å². The summed E-state index contributed by atoms with van der Waals surface area (Å²) in [7, 11) is 1.39. The van der Waals surface area contributed by atoms with Gasteiger partial charge in [0.2, 0.25) is 5.91 Å². The smallest absolute Gasteiger partial charge is 0.358 e. The molecule has 0 saturated carbocycles. The Kier molecular flexibility index (Phi) is 4.30. The normalized spacial score (nSPS) is 10.9. The standard InChI is InChI=1S/C11H11F3N2O2/c1-15-9(17)6-16-10(18)7-3-2-4-8(5-7)11(12,13)14/h2-5H,6H2,1H3,(H,15,17)(H,16,18). The molecule has 0 spiro atoms. The van der Waals surface area contributed by atoms with Gasteiger partial charge >= 0.3 is 6.18 Å². The molecule has 0 aliphatic rings. The summed E-state index contributed by atoms with van der Waals surface area (Å²) in [6, 6.07) is 3.99. The van der Waals surface area contributed by atoms with Gasteiger partial charge in [0.15, 0.2) is 0 Å². The summed E-state index contributed by atoms with van der Waals surface area (Å²) in [6.45, 7) is -0.286. The Hall–Kier alpha value is -2.05. The van der Waals surface area contributed by atoms with E-state index >= 15 is 0 Å². The van der Waals surface area contributed by atoms with Gasteiger partial charge in [0.1, 0.15) is 0 Å². The maximum atomic E-state index is 12.4. The van der Waals surface area contributed by atoms with E-state index in [1.165, 1.54) is 13.1 Å². The third kappa shape index (κ3) is 3.76. The molecule has 0 unspecified atom stereocenters. The first-order valence-electron chi connectivity index (χ1n) is 5.00. The quantitative estimate of drug-likeness (QED) is 0.857. The largest absolute Gasteiger partial charge is 0.416 e. The number of hydrogen-bond acceptors (Lipinski definition) is 2. The number of rotatable bonds is 3. The monoisotopic (exact) mass is 260 g/mol. The van der Waals surface area contributed by atoms with E-state index in [1.54, 1.807) is 0 Å². The van der Waals surface area contributed by atoms with Crippen LogP contribution in [0.15, 0.2) is 24.3 Å². The second kappa shape index (κ2) is 5.52. The lowest BCUT2D eigenvalue weighted by molar-refractivity contribution is -0.137. The number of likely N-dealkylation sites (N-methyl/N-ethyl adjacent to an activating group) is 1. The summed E-state index contributed by atoms with van der Waals surface area (Å²) in [5.74, 6) is -1.17. The fourth-order valence-electron chi connectivity index (χ4n) is 1.19. The highest BCUT2D eigenvalue weighted by Gasteiger charge is 2.30. The summed E-state index contributed by atoms with van der Waals surface area (Å²) < 4.78 is 37.2. The van der Waals surface area contributed by atoms with E-state index < -0.39 is 23.6 Å². The average Bonchev–Trinajstić information content (AvgIpc) is 2.34. The van der Waals surface area contributed by atoms with Crippen LogP contribution in [0.4, 0.5) is 13.2 Å². The molecule has 2 amide bonds. The molecule has 18 heavy (non-hydrogen) atoms. The van der Waals surface area contributed by atoms with Crippen LogP contribution in [0.25, 0.3) is 0 Å². The number of alkyl halides is 3. The van der Waals surface area contributed by atoms with Crippen molar-refractivity contribution in [3.63, 3.8) is 0 Å². The van der Waals surface area contributed by atoms with Gasteiger partial charge in [0.25, 0.3) is 5.91 Å². The molecule has 1 rings (SSSR count). The lowest BCUT2D eigenvalue weighted by Gasteiger charge is -2.08. The number of halogens is 3. The van der Waals surface area contributed by atoms with Crippen LogP contribution in [-0.4, -0.2) is 25.4 Å². The summed E-state index contributed by atoms with van der Waals surface area (Å²) >= 11 is 0. The van der Waals surface area contributed by atoms with Crippen LogP contribution in [0.3, 0.4) is 0 Å². The van der Waals surface area contributed by atoms with Crippen LogP contribution in [-0.2, 0) is 11.0 Å². The third-order valence-corrected chi connectivity index (χ3v) is 2.14. The van der Waals surface area contributed by atoms with Crippen molar-refractivity contribution in [2.45, 2.75) is 6.18 Å². The third-order valence-electron chi connectivity index (χ3n) is 2.14. The summed E-state index contributed by atoms with van der Waals surface area (Å²) in [6.07, 6.45) is -4.50. The van der Waals surface area contributed by atoms with E-state index in [1.807, 2.05) is 0 Å². The van der Waals surface area contributed by atoms with Gasteiger partial charge in [-0.1, -0.05) is 6.07 Å². The summed E-state index contributed by atoms with van der Waals surface area (Å²) in [4.78, 5) is 22.4.